The van der Waals surface area contributed by atoms with E-state index < -0.39 is 11.5 Å². The van der Waals surface area contributed by atoms with Crippen LogP contribution in [0, 0.1) is 0 Å². The molecule has 4 nitrogen and oxygen atoms in total. The van der Waals surface area contributed by atoms with E-state index in [0.29, 0.717) is 12.5 Å². The summed E-state index contributed by atoms with van der Waals surface area (Å²) in [6, 6.07) is 0.514. The average Bonchev–Trinajstić information content (AvgIpc) is 2.28. The molecule has 16 heavy (non-hydrogen) atoms. The van der Waals surface area contributed by atoms with Crippen LogP contribution < -0.4 is 5.32 Å². The maximum Gasteiger partial charge on any atom is 0.323 e. The Kier molecular flexibility index (Phi) is 6.60. The van der Waals surface area contributed by atoms with E-state index in [1.54, 1.807) is 14.0 Å². The summed E-state index contributed by atoms with van der Waals surface area (Å²) >= 11 is 0. The van der Waals surface area contributed by atoms with Gasteiger partial charge in [0.25, 0.3) is 0 Å². The third-order valence-corrected chi connectivity index (χ3v) is 3.54. The van der Waals surface area contributed by atoms with E-state index in [2.05, 4.69) is 31.0 Å². The lowest BCUT2D eigenvalue weighted by atomic mass is 9.97. The number of nitrogens with one attached hydrogen (secondary N) is 1. The van der Waals surface area contributed by atoms with E-state index in [0.717, 1.165) is 19.5 Å². The molecule has 0 rings (SSSR count). The van der Waals surface area contributed by atoms with Crippen molar-refractivity contribution in [1.82, 2.24) is 10.2 Å². The molecule has 0 aromatic heterocycles. The maximum absolute atomic E-state index is 11.1. The molecule has 0 aliphatic rings. The average molecular weight is 230 g/mol. The number of carboxylic acids is 1. The molecule has 2 unspecified atom stereocenters. The highest BCUT2D eigenvalue weighted by molar-refractivity contribution is 5.78. The van der Waals surface area contributed by atoms with Crippen LogP contribution in [0.4, 0.5) is 0 Å². The number of carbonyl (C=O) groups is 1. The zero-order valence-corrected chi connectivity index (χ0v) is 11.2. The highest BCUT2D eigenvalue weighted by Gasteiger charge is 2.31. The predicted octanol–water partition coefficient (Wildman–Crippen LogP) is 1.56. The molecule has 0 aliphatic carbocycles. The monoisotopic (exact) mass is 230 g/mol. The quantitative estimate of drug-likeness (QED) is 0.664. The van der Waals surface area contributed by atoms with E-state index in [4.69, 9.17) is 5.11 Å². The van der Waals surface area contributed by atoms with Crippen molar-refractivity contribution in [3.05, 3.63) is 0 Å². The Labute approximate surface area is 99.0 Å². The van der Waals surface area contributed by atoms with Crippen LogP contribution in [0.5, 0.6) is 0 Å². The Morgan fingerprint density at radius 1 is 1.50 bits per heavy atom. The summed E-state index contributed by atoms with van der Waals surface area (Å²) in [5.74, 6) is -0.782. The van der Waals surface area contributed by atoms with Gasteiger partial charge in [0.2, 0.25) is 0 Å². The lowest BCUT2D eigenvalue weighted by molar-refractivity contribution is -0.144. The molecule has 0 saturated carbocycles. The number of aliphatic carboxylic acids is 1. The molecular formula is C12H26N2O2. The zero-order chi connectivity index (χ0) is 12.8. The number of rotatable bonds is 8. The van der Waals surface area contributed by atoms with Crippen LogP contribution in [-0.2, 0) is 4.79 Å². The van der Waals surface area contributed by atoms with Gasteiger partial charge < -0.3 is 15.3 Å². The van der Waals surface area contributed by atoms with Crippen molar-refractivity contribution in [1.29, 1.82) is 0 Å². The van der Waals surface area contributed by atoms with Crippen LogP contribution in [0.1, 0.15) is 40.5 Å². The van der Waals surface area contributed by atoms with Crippen molar-refractivity contribution in [2.24, 2.45) is 0 Å². The Morgan fingerprint density at radius 3 is 2.38 bits per heavy atom. The summed E-state index contributed by atoms with van der Waals surface area (Å²) < 4.78 is 0. The number of hydrogen-bond acceptors (Lipinski definition) is 3. The SMILES string of the molecule is CCC(C)N(CC)CCC(C)(NC)C(=O)O. The van der Waals surface area contributed by atoms with Crippen molar-refractivity contribution < 1.29 is 9.90 Å². The number of carboxylic acid groups (broad SMARTS) is 1. The number of likely N-dealkylation sites (N-methyl/N-ethyl adjacent to an activating group) is 1. The molecule has 0 aliphatic heterocycles. The summed E-state index contributed by atoms with van der Waals surface area (Å²) in [7, 11) is 1.70. The molecule has 4 heteroatoms. The van der Waals surface area contributed by atoms with Gasteiger partial charge in [0.1, 0.15) is 5.54 Å². The van der Waals surface area contributed by atoms with Crippen LogP contribution in [-0.4, -0.2) is 47.7 Å². The van der Waals surface area contributed by atoms with E-state index in [-0.39, 0.29) is 0 Å². The third-order valence-electron chi connectivity index (χ3n) is 3.54. The van der Waals surface area contributed by atoms with E-state index >= 15 is 0 Å². The molecule has 0 aromatic carbocycles. The van der Waals surface area contributed by atoms with Gasteiger partial charge in [0.15, 0.2) is 0 Å². The van der Waals surface area contributed by atoms with Crippen LogP contribution in [0.15, 0.2) is 0 Å². The van der Waals surface area contributed by atoms with E-state index in [1.807, 2.05) is 0 Å². The molecule has 0 fully saturated rings. The van der Waals surface area contributed by atoms with Gasteiger partial charge in [0.05, 0.1) is 0 Å². The first-order chi connectivity index (χ1) is 7.41. The molecule has 0 amide bonds. The van der Waals surface area contributed by atoms with Crippen molar-refractivity contribution in [2.75, 3.05) is 20.1 Å². The number of nitrogens with zero attached hydrogens (tertiary/aromatic N) is 1. The minimum absolute atomic E-state index is 0.514. The minimum atomic E-state index is -0.819. The standard InChI is InChI=1S/C12H26N2O2/c1-6-10(3)14(7-2)9-8-12(4,13-5)11(15)16/h10,13H,6-9H2,1-5H3,(H,15,16). The van der Waals surface area contributed by atoms with Crippen molar-refractivity contribution in [2.45, 2.75) is 52.1 Å². The van der Waals surface area contributed by atoms with Gasteiger partial charge in [-0.05, 0) is 40.3 Å². The lowest BCUT2D eigenvalue weighted by Gasteiger charge is -2.31. The topological polar surface area (TPSA) is 52.6 Å². The highest BCUT2D eigenvalue weighted by atomic mass is 16.4. The van der Waals surface area contributed by atoms with Gasteiger partial charge in [-0.3, -0.25) is 4.79 Å². The van der Waals surface area contributed by atoms with Crippen molar-refractivity contribution in [3.8, 4) is 0 Å². The van der Waals surface area contributed by atoms with Gasteiger partial charge in [-0.25, -0.2) is 0 Å². The zero-order valence-electron chi connectivity index (χ0n) is 11.2. The van der Waals surface area contributed by atoms with Gasteiger partial charge in [-0.1, -0.05) is 13.8 Å². The summed E-state index contributed by atoms with van der Waals surface area (Å²) in [5.41, 5.74) is -0.819. The van der Waals surface area contributed by atoms with E-state index in [1.165, 1.54) is 0 Å². The molecule has 0 heterocycles. The fourth-order valence-corrected chi connectivity index (χ4v) is 1.65. The summed E-state index contributed by atoms with van der Waals surface area (Å²) in [5, 5.41) is 12.0. The minimum Gasteiger partial charge on any atom is -0.480 e. The lowest BCUT2D eigenvalue weighted by Crippen LogP contribution is -2.50. The first-order valence-electron chi connectivity index (χ1n) is 6.07. The molecule has 0 radical (unpaired) electrons. The summed E-state index contributed by atoms with van der Waals surface area (Å²) in [4.78, 5) is 13.4. The van der Waals surface area contributed by atoms with Crippen molar-refractivity contribution >= 4 is 5.97 Å². The molecule has 96 valence electrons. The number of hydrogen-bond donors (Lipinski definition) is 2. The molecular weight excluding hydrogens is 204 g/mol. The van der Waals surface area contributed by atoms with Crippen LogP contribution in [0.3, 0.4) is 0 Å². The molecule has 2 N–H and O–H groups in total. The van der Waals surface area contributed by atoms with Crippen LogP contribution in [0.25, 0.3) is 0 Å². The smallest absolute Gasteiger partial charge is 0.323 e. The fourth-order valence-electron chi connectivity index (χ4n) is 1.65. The molecule has 2 atom stereocenters. The van der Waals surface area contributed by atoms with Crippen LogP contribution in [0.2, 0.25) is 0 Å². The normalized spacial score (nSPS) is 17.1. The van der Waals surface area contributed by atoms with Gasteiger partial charge >= 0.3 is 5.97 Å². The summed E-state index contributed by atoms with van der Waals surface area (Å²) in [6.45, 7) is 9.97. The second kappa shape index (κ2) is 6.86. The maximum atomic E-state index is 11.1. The Balaban J connectivity index is 4.34. The largest absolute Gasteiger partial charge is 0.480 e. The summed E-state index contributed by atoms with van der Waals surface area (Å²) in [6.07, 6.45) is 1.72. The van der Waals surface area contributed by atoms with Gasteiger partial charge in [-0.15, -0.1) is 0 Å². The van der Waals surface area contributed by atoms with Gasteiger partial charge in [0, 0.05) is 12.6 Å². The third kappa shape index (κ3) is 4.10. The van der Waals surface area contributed by atoms with Crippen molar-refractivity contribution in [3.63, 3.8) is 0 Å². The Morgan fingerprint density at radius 2 is 2.06 bits per heavy atom. The highest BCUT2D eigenvalue weighted by Crippen LogP contribution is 2.12. The molecule has 0 aromatic rings. The molecule has 0 saturated heterocycles. The van der Waals surface area contributed by atoms with E-state index in [9.17, 15) is 4.79 Å². The molecule has 0 bridgehead atoms. The second-order valence-corrected chi connectivity index (χ2v) is 4.52. The Bertz CT molecular complexity index is 221. The molecule has 0 spiro atoms. The second-order valence-electron chi connectivity index (χ2n) is 4.52. The van der Waals surface area contributed by atoms with Crippen LogP contribution >= 0.6 is 0 Å². The first-order valence-corrected chi connectivity index (χ1v) is 6.07. The Hall–Kier alpha value is -0.610. The fraction of sp³-hybridized carbons (Fsp3) is 0.917. The first kappa shape index (κ1) is 15.4. The van der Waals surface area contributed by atoms with Gasteiger partial charge in [-0.2, -0.15) is 0 Å². The predicted molar refractivity (Wildman–Crippen MR) is 66.7 cm³/mol.